The molecule has 2 fully saturated rings. The highest BCUT2D eigenvalue weighted by atomic mass is 16.4. The van der Waals surface area contributed by atoms with Gasteiger partial charge in [-0.2, -0.15) is 0 Å². The third kappa shape index (κ3) is 8.74. The first-order valence-corrected chi connectivity index (χ1v) is 18.7. The molecule has 4 N–H and O–H groups in total. The minimum absolute atomic E-state index is 0. The Labute approximate surface area is 335 Å². The number of hydrogen-bond acceptors (Lipinski definition) is 9. The van der Waals surface area contributed by atoms with Gasteiger partial charge in [0.2, 0.25) is 0 Å². The van der Waals surface area contributed by atoms with Gasteiger partial charge < -0.3 is 43.9 Å². The highest BCUT2D eigenvalue weighted by Gasteiger charge is 2.27. The number of nitrogens with one attached hydrogen (secondary N) is 1. The Kier molecular flexibility index (Phi) is 11.9. The van der Waals surface area contributed by atoms with E-state index in [0.29, 0.717) is 11.7 Å². The maximum absolute atomic E-state index is 12.6. The summed E-state index contributed by atoms with van der Waals surface area (Å²) in [6.45, 7) is 3.53. The molecule has 0 radical (unpaired) electrons. The van der Waals surface area contributed by atoms with Crippen LogP contribution in [0.1, 0.15) is 41.2 Å². The fourth-order valence-corrected chi connectivity index (χ4v) is 7.06. The van der Waals surface area contributed by atoms with Crippen LogP contribution in [0.3, 0.4) is 0 Å². The van der Waals surface area contributed by atoms with Crippen LogP contribution in [-0.4, -0.2) is 93.1 Å². The van der Waals surface area contributed by atoms with Crippen LogP contribution in [0, 0.1) is 0 Å². The fourth-order valence-electron chi connectivity index (χ4n) is 7.06. The Bertz CT molecular complexity index is 2580. The van der Waals surface area contributed by atoms with Crippen molar-refractivity contribution in [3.8, 4) is 11.4 Å². The van der Waals surface area contributed by atoms with Gasteiger partial charge in [-0.1, -0.05) is 43.8 Å². The highest BCUT2D eigenvalue weighted by Crippen LogP contribution is 2.24. The number of carbonyl (C=O) groups is 2. The Hall–Kier alpha value is -7.26. The second kappa shape index (κ2) is 17.7. The number of para-hydroxylation sites is 2. The second-order valence-electron chi connectivity index (χ2n) is 13.8. The number of amides is 1. The van der Waals surface area contributed by atoms with E-state index < -0.39 is 5.97 Å². The normalized spacial score (nSPS) is 15.9. The lowest BCUT2D eigenvalue weighted by Gasteiger charge is -2.18. The molecule has 2 atom stereocenters. The van der Waals surface area contributed by atoms with Gasteiger partial charge in [-0.15, -0.1) is 0 Å². The number of carbonyl (C=O) groups excluding carboxylic acids is 1. The first kappa shape index (κ1) is 39.0. The van der Waals surface area contributed by atoms with Crippen LogP contribution in [-0.2, 0) is 0 Å². The van der Waals surface area contributed by atoms with Crippen molar-refractivity contribution in [2.75, 3.05) is 36.0 Å². The summed E-state index contributed by atoms with van der Waals surface area (Å²) >= 11 is 0. The Morgan fingerprint density at radius 3 is 1.67 bits per heavy atom. The van der Waals surface area contributed by atoms with Crippen LogP contribution in [0.2, 0.25) is 0 Å². The van der Waals surface area contributed by atoms with E-state index in [1.165, 1.54) is 12.5 Å². The average Bonchev–Trinajstić information content (AvgIpc) is 4.10. The number of carboxylic acid groups (broad SMARTS) is 1. The van der Waals surface area contributed by atoms with Crippen LogP contribution in [0.15, 0.2) is 147 Å². The molecule has 2 aliphatic heterocycles. The lowest BCUT2D eigenvalue weighted by Crippen LogP contribution is -2.37. The number of anilines is 2. The molecule has 0 saturated carbocycles. The smallest absolute Gasteiger partial charge is 0.356 e. The average molecular weight is 779 g/mol. The van der Waals surface area contributed by atoms with Gasteiger partial charge in [0.05, 0.1) is 11.0 Å². The molecule has 15 nitrogen and oxygen atoms in total. The third-order valence-electron chi connectivity index (χ3n) is 9.94. The molecular formula is C43H46N12O3. The minimum Gasteiger partial charge on any atom is -0.476 e. The number of benzene rings is 2. The molecule has 2 aliphatic rings. The Balaban J connectivity index is 0.000000144. The van der Waals surface area contributed by atoms with E-state index in [2.05, 4.69) is 56.0 Å². The quantitative estimate of drug-likeness (QED) is 0.185. The van der Waals surface area contributed by atoms with Crippen LogP contribution < -0.4 is 20.9 Å². The maximum Gasteiger partial charge on any atom is 0.356 e. The first-order chi connectivity index (χ1) is 27.9. The number of nitrogens with zero attached hydrogens (tertiary/aromatic N) is 10. The minimum atomic E-state index is -1.01. The monoisotopic (exact) mass is 778 g/mol. The van der Waals surface area contributed by atoms with Crippen LogP contribution in [0.5, 0.6) is 0 Å². The molecule has 2 saturated heterocycles. The van der Waals surface area contributed by atoms with Crippen molar-refractivity contribution in [1.29, 1.82) is 0 Å². The molecule has 6 aromatic heterocycles. The Morgan fingerprint density at radius 2 is 1.16 bits per heavy atom. The van der Waals surface area contributed by atoms with E-state index in [4.69, 9.17) is 10.8 Å². The molecule has 8 aromatic rings. The van der Waals surface area contributed by atoms with Crippen LogP contribution >= 0.6 is 0 Å². The van der Waals surface area contributed by atoms with E-state index in [1.54, 1.807) is 17.1 Å². The molecule has 8 heterocycles. The van der Waals surface area contributed by atoms with Crippen molar-refractivity contribution in [1.82, 2.24) is 43.2 Å². The second-order valence-corrected chi connectivity index (χ2v) is 13.8. The predicted molar refractivity (Wildman–Crippen MR) is 224 cm³/mol. The first-order valence-electron chi connectivity index (χ1n) is 18.7. The number of aromatic carboxylic acids is 1. The molecule has 0 spiro atoms. The predicted octanol–water partition coefficient (Wildman–Crippen LogP) is 5.61. The molecule has 15 heteroatoms. The van der Waals surface area contributed by atoms with E-state index in [-0.39, 0.29) is 25.1 Å². The number of hydrogen-bond donors (Lipinski definition) is 3. The summed E-state index contributed by atoms with van der Waals surface area (Å²) in [5, 5.41) is 11.8. The molecule has 58 heavy (non-hydrogen) atoms. The van der Waals surface area contributed by atoms with Crippen molar-refractivity contribution in [3.63, 3.8) is 0 Å². The maximum atomic E-state index is 12.6. The van der Waals surface area contributed by atoms with Gasteiger partial charge in [0, 0.05) is 99.2 Å². The van der Waals surface area contributed by atoms with Crippen molar-refractivity contribution < 1.29 is 14.7 Å². The summed E-state index contributed by atoms with van der Waals surface area (Å²) in [6.07, 6.45) is 20.0. The van der Waals surface area contributed by atoms with E-state index in [1.807, 2.05) is 115 Å². The summed E-state index contributed by atoms with van der Waals surface area (Å²) in [4.78, 5) is 44.7. The SMILES string of the molecule is C.N[C@H]1CCN(c2nccn3cccc23)C1.O=C(N[C@H]1CCN(c2nccn3cccc23)C1)c1cn(-c2ccccc2)cn1.O=C(O)c1cn(-c2ccccc2)cn1. The molecule has 10 rings (SSSR count). The lowest BCUT2D eigenvalue weighted by atomic mass is 10.2. The van der Waals surface area contributed by atoms with Crippen LogP contribution in [0.25, 0.3) is 22.4 Å². The number of carboxylic acids is 1. The summed E-state index contributed by atoms with van der Waals surface area (Å²) in [5.41, 5.74) is 10.5. The molecule has 0 bridgehead atoms. The van der Waals surface area contributed by atoms with E-state index in [9.17, 15) is 9.59 Å². The Morgan fingerprint density at radius 1 is 0.638 bits per heavy atom. The van der Waals surface area contributed by atoms with E-state index in [0.717, 1.165) is 73.1 Å². The fraction of sp³-hybridized carbons (Fsp3) is 0.209. The highest BCUT2D eigenvalue weighted by molar-refractivity contribution is 5.92. The number of aromatic nitrogens is 8. The molecule has 2 aromatic carbocycles. The van der Waals surface area contributed by atoms with Crippen molar-refractivity contribution >= 4 is 34.5 Å². The standard InChI is InChI=1S/C21H20N6O.C11H14N4.C10H8N2O2.CH4/c28-21(18-14-27(15-23-18)17-5-2-1-3-6-17)24-16-8-11-26(13-16)20-19-7-4-10-25(19)12-9-22-20;12-9-3-6-15(8-9)11-10-2-1-5-14(10)7-4-13-11;13-10(14)9-6-12(7-11-9)8-4-2-1-3-5-8;/h1-7,9-10,12,14-16H,8,11,13H2,(H,24,28);1-2,4-5,7,9H,3,6,8,12H2;1-7H,(H,13,14);1H4/t16-;9-;;/m00../s1. The number of nitrogens with two attached hydrogens (primary N) is 1. The molecule has 0 aliphatic carbocycles. The molecule has 0 unspecified atom stereocenters. The summed E-state index contributed by atoms with van der Waals surface area (Å²) in [7, 11) is 0. The van der Waals surface area contributed by atoms with Gasteiger partial charge in [-0.25, -0.2) is 24.7 Å². The van der Waals surface area contributed by atoms with Crippen LogP contribution in [0.4, 0.5) is 11.6 Å². The van der Waals surface area contributed by atoms with Gasteiger partial charge in [0.1, 0.15) is 18.3 Å². The van der Waals surface area contributed by atoms with Gasteiger partial charge in [0.15, 0.2) is 17.3 Å². The van der Waals surface area contributed by atoms with Gasteiger partial charge in [-0.3, -0.25) is 4.79 Å². The van der Waals surface area contributed by atoms with Crippen molar-refractivity contribution in [2.24, 2.45) is 5.73 Å². The summed E-state index contributed by atoms with van der Waals surface area (Å²) in [5.74, 6) is 0.850. The zero-order valence-electron chi connectivity index (χ0n) is 31.1. The third-order valence-corrected chi connectivity index (χ3v) is 9.94. The molecular weight excluding hydrogens is 733 g/mol. The molecule has 296 valence electrons. The molecule has 1 amide bonds. The van der Waals surface area contributed by atoms with Gasteiger partial charge in [-0.05, 0) is 61.4 Å². The van der Waals surface area contributed by atoms with Crippen molar-refractivity contribution in [3.05, 3.63) is 159 Å². The zero-order chi connectivity index (χ0) is 39.1. The number of imidazole rings is 2. The number of fused-ring (bicyclic) bond motifs is 2. The van der Waals surface area contributed by atoms with E-state index >= 15 is 0 Å². The van der Waals surface area contributed by atoms with Gasteiger partial charge in [0.25, 0.3) is 5.91 Å². The van der Waals surface area contributed by atoms with Gasteiger partial charge >= 0.3 is 5.97 Å². The summed E-state index contributed by atoms with van der Waals surface area (Å²) < 4.78 is 7.67. The summed E-state index contributed by atoms with van der Waals surface area (Å²) in [6, 6.07) is 27.8. The zero-order valence-corrected chi connectivity index (χ0v) is 31.1. The van der Waals surface area contributed by atoms with Crippen molar-refractivity contribution in [2.45, 2.75) is 32.4 Å². The topological polar surface area (TPSA) is 169 Å². The lowest BCUT2D eigenvalue weighted by molar-refractivity contribution is 0.0690. The number of rotatable bonds is 7. The largest absolute Gasteiger partial charge is 0.476 e.